The summed E-state index contributed by atoms with van der Waals surface area (Å²) in [6.45, 7) is 1.67. The van der Waals surface area contributed by atoms with Gasteiger partial charge in [0.05, 0.1) is 5.69 Å². The number of halogens is 2. The zero-order valence-corrected chi connectivity index (χ0v) is 12.5. The Morgan fingerprint density at radius 3 is 2.75 bits per heavy atom. The van der Waals surface area contributed by atoms with Gasteiger partial charge in [0.2, 0.25) is 5.91 Å². The molecule has 1 aliphatic carbocycles. The van der Waals surface area contributed by atoms with Crippen molar-refractivity contribution in [2.45, 2.75) is 25.3 Å². The Morgan fingerprint density at radius 2 is 2.10 bits per heavy atom. The van der Waals surface area contributed by atoms with Gasteiger partial charge in [0.1, 0.15) is 17.9 Å². The molecule has 1 aromatic carbocycles. The zero-order chi connectivity index (χ0) is 14.5. The summed E-state index contributed by atoms with van der Waals surface area (Å²) < 4.78 is 14.0. The van der Waals surface area contributed by atoms with Crippen molar-refractivity contribution in [3.05, 3.63) is 28.5 Å². The van der Waals surface area contributed by atoms with Crippen LogP contribution in [0, 0.1) is 11.7 Å². The third-order valence-corrected chi connectivity index (χ3v) is 4.65. The maximum Gasteiger partial charge on any atom is 0.253 e. The molecule has 0 radical (unpaired) electrons. The molecule has 3 rings (SSSR count). The summed E-state index contributed by atoms with van der Waals surface area (Å²) in [5, 5.41) is 2.80. The van der Waals surface area contributed by atoms with Gasteiger partial charge < -0.3 is 5.32 Å². The monoisotopic (exact) mass is 340 g/mol. The van der Waals surface area contributed by atoms with Crippen molar-refractivity contribution in [1.29, 1.82) is 0 Å². The minimum Gasteiger partial charge on any atom is -0.340 e. The van der Waals surface area contributed by atoms with Crippen molar-refractivity contribution in [3.8, 4) is 0 Å². The molecule has 106 valence electrons. The third kappa shape index (κ3) is 2.12. The van der Waals surface area contributed by atoms with Gasteiger partial charge in [-0.2, -0.15) is 0 Å². The molecular weight excluding hydrogens is 327 g/mol. The van der Waals surface area contributed by atoms with Crippen LogP contribution in [0.2, 0.25) is 0 Å². The number of carbonyl (C=O) groups excluding carboxylic acids is 2. The van der Waals surface area contributed by atoms with Gasteiger partial charge in [0.15, 0.2) is 0 Å². The first-order valence-electron chi connectivity index (χ1n) is 6.50. The van der Waals surface area contributed by atoms with Crippen molar-refractivity contribution in [2.24, 2.45) is 5.92 Å². The van der Waals surface area contributed by atoms with Crippen molar-refractivity contribution in [3.63, 3.8) is 0 Å². The largest absolute Gasteiger partial charge is 0.340 e. The van der Waals surface area contributed by atoms with Gasteiger partial charge in [-0.05, 0) is 59.8 Å². The highest BCUT2D eigenvalue weighted by Gasteiger charge is 2.53. The summed E-state index contributed by atoms with van der Waals surface area (Å²) in [4.78, 5) is 26.0. The van der Waals surface area contributed by atoms with Crippen LogP contribution in [0.4, 0.5) is 10.1 Å². The Labute approximate surface area is 124 Å². The third-order valence-electron chi connectivity index (χ3n) is 3.98. The van der Waals surface area contributed by atoms with Crippen LogP contribution >= 0.6 is 15.9 Å². The lowest BCUT2D eigenvalue weighted by Gasteiger charge is -2.40. The molecule has 2 amide bonds. The van der Waals surface area contributed by atoms with E-state index in [4.69, 9.17) is 0 Å². The second kappa shape index (κ2) is 4.55. The molecule has 1 unspecified atom stereocenters. The van der Waals surface area contributed by atoms with E-state index in [1.54, 1.807) is 13.0 Å². The minimum atomic E-state index is -0.874. The van der Waals surface area contributed by atoms with Crippen molar-refractivity contribution < 1.29 is 14.0 Å². The van der Waals surface area contributed by atoms with E-state index in [0.717, 1.165) is 12.8 Å². The molecule has 0 bridgehead atoms. The molecule has 2 aliphatic rings. The summed E-state index contributed by atoms with van der Waals surface area (Å²) >= 11 is 3.31. The topological polar surface area (TPSA) is 49.4 Å². The molecule has 1 saturated heterocycles. The average Bonchev–Trinajstić information content (AvgIpc) is 3.21. The standard InChI is InChI=1S/C14H14BrFN2O2/c1-14(8-2-3-8)13(20)18(7-12(19)17-14)11-6-9(16)4-5-10(11)15/h4-6,8H,2-3,7H2,1H3,(H,17,19). The minimum absolute atomic E-state index is 0.0802. The Balaban J connectivity index is 2.01. The fraction of sp³-hybridized carbons (Fsp3) is 0.429. The number of nitrogens with one attached hydrogen (secondary N) is 1. The highest BCUT2D eigenvalue weighted by molar-refractivity contribution is 9.10. The predicted molar refractivity (Wildman–Crippen MR) is 75.7 cm³/mol. The van der Waals surface area contributed by atoms with Crippen molar-refractivity contribution >= 4 is 33.4 Å². The molecule has 20 heavy (non-hydrogen) atoms. The fourth-order valence-corrected chi connectivity index (χ4v) is 3.16. The molecule has 0 spiro atoms. The van der Waals surface area contributed by atoms with E-state index in [2.05, 4.69) is 21.2 Å². The van der Waals surface area contributed by atoms with Crippen LogP contribution in [-0.2, 0) is 9.59 Å². The van der Waals surface area contributed by atoms with E-state index in [1.807, 2.05) is 0 Å². The number of benzene rings is 1. The van der Waals surface area contributed by atoms with Crippen molar-refractivity contribution in [2.75, 3.05) is 11.4 Å². The van der Waals surface area contributed by atoms with Gasteiger partial charge in [-0.15, -0.1) is 0 Å². The fourth-order valence-electron chi connectivity index (χ4n) is 2.70. The lowest BCUT2D eigenvalue weighted by atomic mass is 9.91. The summed E-state index contributed by atoms with van der Waals surface area (Å²) in [5.41, 5.74) is -0.474. The molecule has 1 N–H and O–H groups in total. The van der Waals surface area contributed by atoms with Gasteiger partial charge in [0.25, 0.3) is 5.91 Å². The Morgan fingerprint density at radius 1 is 1.40 bits per heavy atom. The van der Waals surface area contributed by atoms with Gasteiger partial charge in [-0.1, -0.05) is 0 Å². The van der Waals surface area contributed by atoms with Crippen LogP contribution in [0.3, 0.4) is 0 Å². The van der Waals surface area contributed by atoms with Gasteiger partial charge in [-0.25, -0.2) is 4.39 Å². The zero-order valence-electron chi connectivity index (χ0n) is 11.0. The van der Waals surface area contributed by atoms with E-state index in [0.29, 0.717) is 10.2 Å². The lowest BCUT2D eigenvalue weighted by Crippen LogP contribution is -2.66. The SMILES string of the molecule is CC1(C2CC2)NC(=O)CN(c2cc(F)ccc2Br)C1=O. The molecule has 1 atom stereocenters. The number of hydrogen-bond acceptors (Lipinski definition) is 2. The molecule has 1 aliphatic heterocycles. The van der Waals surface area contributed by atoms with Crippen LogP contribution in [0.5, 0.6) is 0 Å². The first-order valence-corrected chi connectivity index (χ1v) is 7.29. The number of anilines is 1. The summed E-state index contributed by atoms with van der Waals surface area (Å²) in [7, 11) is 0. The maximum atomic E-state index is 13.4. The Kier molecular flexibility index (Phi) is 3.08. The van der Waals surface area contributed by atoms with Gasteiger partial charge in [0, 0.05) is 4.47 Å². The van der Waals surface area contributed by atoms with E-state index in [-0.39, 0.29) is 24.3 Å². The first kappa shape index (κ1) is 13.5. The summed E-state index contributed by atoms with van der Waals surface area (Å²) in [6, 6.07) is 4.12. The smallest absolute Gasteiger partial charge is 0.253 e. The van der Waals surface area contributed by atoms with Crippen LogP contribution in [0.25, 0.3) is 0 Å². The number of nitrogens with zero attached hydrogens (tertiary/aromatic N) is 1. The van der Waals surface area contributed by atoms with Crippen LogP contribution < -0.4 is 10.2 Å². The van der Waals surface area contributed by atoms with Crippen LogP contribution in [0.15, 0.2) is 22.7 Å². The quantitative estimate of drug-likeness (QED) is 0.897. The normalized spacial score (nSPS) is 26.6. The number of amides is 2. The molecule has 1 aromatic rings. The number of piperazine rings is 1. The molecule has 4 nitrogen and oxygen atoms in total. The van der Waals surface area contributed by atoms with Crippen LogP contribution in [-0.4, -0.2) is 23.9 Å². The Bertz CT molecular complexity index is 603. The number of hydrogen-bond donors (Lipinski definition) is 1. The van der Waals surface area contributed by atoms with Gasteiger partial charge >= 0.3 is 0 Å². The lowest BCUT2D eigenvalue weighted by molar-refractivity contribution is -0.136. The molecule has 1 heterocycles. The predicted octanol–water partition coefficient (Wildman–Crippen LogP) is 2.22. The summed E-state index contributed by atoms with van der Waals surface area (Å²) in [6.07, 6.45) is 1.86. The maximum absolute atomic E-state index is 13.4. The Hall–Kier alpha value is -1.43. The first-order chi connectivity index (χ1) is 9.41. The molecule has 0 aromatic heterocycles. The molecular formula is C14H14BrFN2O2. The highest BCUT2D eigenvalue weighted by Crippen LogP contribution is 2.42. The van der Waals surface area contributed by atoms with E-state index < -0.39 is 11.4 Å². The number of rotatable bonds is 2. The molecule has 1 saturated carbocycles. The van der Waals surface area contributed by atoms with E-state index >= 15 is 0 Å². The molecule has 6 heteroatoms. The molecule has 2 fully saturated rings. The summed E-state index contributed by atoms with van der Waals surface area (Å²) in [5.74, 6) is -0.648. The van der Waals surface area contributed by atoms with E-state index in [1.165, 1.54) is 17.0 Å². The van der Waals surface area contributed by atoms with E-state index in [9.17, 15) is 14.0 Å². The van der Waals surface area contributed by atoms with Crippen LogP contribution in [0.1, 0.15) is 19.8 Å². The van der Waals surface area contributed by atoms with Crippen molar-refractivity contribution in [1.82, 2.24) is 5.32 Å². The van der Waals surface area contributed by atoms with Gasteiger partial charge in [-0.3, -0.25) is 14.5 Å². The number of carbonyl (C=O) groups is 2. The average molecular weight is 341 g/mol. The second-order valence-electron chi connectivity index (χ2n) is 5.51. The highest BCUT2D eigenvalue weighted by atomic mass is 79.9. The second-order valence-corrected chi connectivity index (χ2v) is 6.37.